The van der Waals surface area contributed by atoms with Crippen LogP contribution in [0.25, 0.3) is 21.6 Å². The Morgan fingerprint density at radius 2 is 1.61 bits per heavy atom. The predicted molar refractivity (Wildman–Crippen MR) is 170 cm³/mol. The van der Waals surface area contributed by atoms with Gasteiger partial charge in [0.2, 0.25) is 11.8 Å². The largest absolute Gasteiger partial charge is 0.325 e. The summed E-state index contributed by atoms with van der Waals surface area (Å²) in [6.07, 6.45) is 0. The summed E-state index contributed by atoms with van der Waals surface area (Å²) in [6, 6.07) is 20.9. The molecular formula is C29H27ClN6O2S3. The minimum absolute atomic E-state index is 0.0843. The first kappa shape index (κ1) is 29.1. The van der Waals surface area contributed by atoms with Crippen LogP contribution in [0.2, 0.25) is 5.02 Å². The maximum absolute atomic E-state index is 12.7. The number of benzene rings is 3. The second kappa shape index (κ2) is 13.1. The molecular weight excluding hydrogens is 596 g/mol. The molecule has 2 amide bonds. The van der Waals surface area contributed by atoms with Crippen LogP contribution in [0.1, 0.15) is 25.3 Å². The zero-order valence-corrected chi connectivity index (χ0v) is 25.8. The fraction of sp³-hybridized carbons (Fsp3) is 0.207. The van der Waals surface area contributed by atoms with E-state index in [-0.39, 0.29) is 23.3 Å². The van der Waals surface area contributed by atoms with Gasteiger partial charge >= 0.3 is 0 Å². The summed E-state index contributed by atoms with van der Waals surface area (Å²) in [5, 5.41) is 15.5. The van der Waals surface area contributed by atoms with Gasteiger partial charge in [0.05, 0.1) is 26.7 Å². The van der Waals surface area contributed by atoms with Gasteiger partial charge in [-0.3, -0.25) is 9.59 Å². The molecule has 0 aliphatic rings. The van der Waals surface area contributed by atoms with Crippen molar-refractivity contribution in [1.82, 2.24) is 19.7 Å². The molecule has 0 fully saturated rings. The third-order valence-electron chi connectivity index (χ3n) is 6.12. The van der Waals surface area contributed by atoms with Gasteiger partial charge in [0.15, 0.2) is 15.3 Å². The van der Waals surface area contributed by atoms with E-state index in [9.17, 15) is 9.59 Å². The summed E-state index contributed by atoms with van der Waals surface area (Å²) in [5.74, 6) is 1.27. The number of thiazole rings is 1. The molecule has 5 rings (SSSR count). The molecule has 0 saturated carbocycles. The van der Waals surface area contributed by atoms with Gasteiger partial charge in [0.25, 0.3) is 0 Å². The fourth-order valence-electron chi connectivity index (χ4n) is 3.96. The Bertz CT molecular complexity index is 1700. The van der Waals surface area contributed by atoms with Gasteiger partial charge in [0.1, 0.15) is 0 Å². The highest BCUT2D eigenvalue weighted by Gasteiger charge is 2.15. The van der Waals surface area contributed by atoms with E-state index < -0.39 is 0 Å². The van der Waals surface area contributed by atoms with Crippen LogP contribution < -0.4 is 10.6 Å². The number of amides is 2. The van der Waals surface area contributed by atoms with Crippen LogP contribution in [-0.2, 0) is 16.6 Å². The predicted octanol–water partition coefficient (Wildman–Crippen LogP) is 7.33. The van der Waals surface area contributed by atoms with E-state index in [1.54, 1.807) is 6.07 Å². The Balaban J connectivity index is 1.13. The van der Waals surface area contributed by atoms with Crippen LogP contribution in [0.3, 0.4) is 0 Å². The van der Waals surface area contributed by atoms with Gasteiger partial charge in [-0.05, 0) is 53.9 Å². The van der Waals surface area contributed by atoms with Crippen LogP contribution in [0.5, 0.6) is 0 Å². The highest BCUT2D eigenvalue weighted by Crippen LogP contribution is 2.32. The number of hydrogen-bond acceptors (Lipinski definition) is 8. The first-order chi connectivity index (χ1) is 19.8. The summed E-state index contributed by atoms with van der Waals surface area (Å²) in [5.41, 5.74) is 4.30. The maximum Gasteiger partial charge on any atom is 0.234 e. The normalized spacial score (nSPS) is 11.2. The number of fused-ring (bicyclic) bond motifs is 1. The Morgan fingerprint density at radius 1 is 0.927 bits per heavy atom. The van der Waals surface area contributed by atoms with Gasteiger partial charge < -0.3 is 15.2 Å². The highest BCUT2D eigenvalue weighted by atomic mass is 35.5. The number of thioether (sulfide) groups is 2. The molecule has 0 unspecified atom stereocenters. The smallest absolute Gasteiger partial charge is 0.234 e. The highest BCUT2D eigenvalue weighted by molar-refractivity contribution is 8.01. The summed E-state index contributed by atoms with van der Waals surface area (Å²) in [4.78, 5) is 29.7. The minimum Gasteiger partial charge on any atom is -0.325 e. The monoisotopic (exact) mass is 622 g/mol. The molecule has 5 aromatic rings. The number of halogens is 1. The topological polar surface area (TPSA) is 102 Å². The molecule has 2 heterocycles. The quantitative estimate of drug-likeness (QED) is 0.157. The van der Waals surface area contributed by atoms with Gasteiger partial charge in [-0.25, -0.2) is 4.98 Å². The zero-order chi connectivity index (χ0) is 28.9. The number of nitrogens with zero attached hydrogens (tertiary/aromatic N) is 4. The molecule has 3 aromatic carbocycles. The Kier molecular flexibility index (Phi) is 9.29. The number of rotatable bonds is 10. The lowest BCUT2D eigenvalue weighted by atomic mass is 10.0. The van der Waals surface area contributed by atoms with E-state index in [0.29, 0.717) is 27.6 Å². The minimum atomic E-state index is -0.158. The molecule has 0 aliphatic heterocycles. The molecule has 0 spiro atoms. The van der Waals surface area contributed by atoms with Crippen LogP contribution in [0.4, 0.5) is 11.4 Å². The molecule has 41 heavy (non-hydrogen) atoms. The SMILES string of the molecule is CC(C)c1ccc(NC(=O)CSc2nc3ccc(NC(=O)CSc4nnc(-c5ccccc5Cl)n4C)cc3s2)cc1. The van der Waals surface area contributed by atoms with E-state index in [4.69, 9.17) is 11.6 Å². The van der Waals surface area contributed by atoms with Crippen LogP contribution in [0.15, 0.2) is 76.2 Å². The molecule has 2 N–H and O–H groups in total. The van der Waals surface area contributed by atoms with Gasteiger partial charge in [-0.15, -0.1) is 21.5 Å². The van der Waals surface area contributed by atoms with Gasteiger partial charge in [-0.1, -0.05) is 73.2 Å². The number of carbonyl (C=O) groups excluding carboxylic acids is 2. The zero-order valence-electron chi connectivity index (χ0n) is 22.6. The van der Waals surface area contributed by atoms with Crippen molar-refractivity contribution in [3.05, 3.63) is 77.3 Å². The molecule has 0 bridgehead atoms. The first-order valence-electron chi connectivity index (χ1n) is 12.8. The number of nitrogens with one attached hydrogen (secondary N) is 2. The second-order valence-corrected chi connectivity index (χ2v) is 13.1. The summed E-state index contributed by atoms with van der Waals surface area (Å²) >= 11 is 10.5. The summed E-state index contributed by atoms with van der Waals surface area (Å²) < 4.78 is 3.55. The average Bonchev–Trinajstić information content (AvgIpc) is 3.53. The lowest BCUT2D eigenvalue weighted by Crippen LogP contribution is -2.14. The summed E-state index contributed by atoms with van der Waals surface area (Å²) in [7, 11) is 1.85. The Morgan fingerprint density at radius 3 is 2.34 bits per heavy atom. The van der Waals surface area contributed by atoms with Crippen molar-refractivity contribution in [2.24, 2.45) is 7.05 Å². The lowest BCUT2D eigenvalue weighted by molar-refractivity contribution is -0.114. The number of anilines is 2. The van der Waals surface area contributed by atoms with Crippen molar-refractivity contribution < 1.29 is 9.59 Å². The number of carbonyl (C=O) groups is 2. The first-order valence-corrected chi connectivity index (χ1v) is 15.9. The summed E-state index contributed by atoms with van der Waals surface area (Å²) in [6.45, 7) is 4.27. The molecule has 2 aromatic heterocycles. The third-order valence-corrected chi connectivity index (χ3v) is 9.63. The van der Waals surface area contributed by atoms with E-state index in [1.165, 1.54) is 40.4 Å². The maximum atomic E-state index is 12.7. The van der Waals surface area contributed by atoms with Gasteiger partial charge in [0, 0.05) is 24.0 Å². The second-order valence-electron chi connectivity index (χ2n) is 9.46. The van der Waals surface area contributed by atoms with Crippen molar-refractivity contribution >= 4 is 79.9 Å². The number of aromatic nitrogens is 4. The van der Waals surface area contributed by atoms with Crippen LogP contribution in [-0.4, -0.2) is 43.1 Å². The van der Waals surface area contributed by atoms with Crippen molar-refractivity contribution in [1.29, 1.82) is 0 Å². The molecule has 12 heteroatoms. The van der Waals surface area contributed by atoms with Crippen LogP contribution >= 0.6 is 46.5 Å². The van der Waals surface area contributed by atoms with E-state index >= 15 is 0 Å². The Labute approximate surface area is 255 Å². The van der Waals surface area contributed by atoms with E-state index in [0.717, 1.165) is 25.8 Å². The van der Waals surface area contributed by atoms with Crippen LogP contribution in [0, 0.1) is 0 Å². The van der Waals surface area contributed by atoms with Crippen molar-refractivity contribution in [3.63, 3.8) is 0 Å². The Hall–Kier alpha value is -3.38. The molecule has 0 saturated heterocycles. The standard InChI is InChI=1S/C29H27ClN6O2S3/c1-17(2)18-8-10-19(11-9-18)31-26(38)16-40-29-33-23-13-12-20(14-24(23)41-29)32-25(37)15-39-28-35-34-27(36(28)3)21-6-4-5-7-22(21)30/h4-14,17H,15-16H2,1-3H3,(H,31,38)(H,32,37). The lowest BCUT2D eigenvalue weighted by Gasteiger charge is -2.08. The van der Waals surface area contributed by atoms with E-state index in [2.05, 4.69) is 39.7 Å². The molecule has 210 valence electrons. The van der Waals surface area contributed by atoms with Crippen molar-refractivity contribution in [2.75, 3.05) is 22.1 Å². The average molecular weight is 623 g/mol. The molecule has 0 radical (unpaired) electrons. The van der Waals surface area contributed by atoms with Crippen molar-refractivity contribution in [2.45, 2.75) is 29.3 Å². The molecule has 0 atom stereocenters. The fourth-order valence-corrected chi connectivity index (χ4v) is 6.80. The van der Waals surface area contributed by atoms with Gasteiger partial charge in [-0.2, -0.15) is 0 Å². The van der Waals surface area contributed by atoms with Crippen molar-refractivity contribution in [3.8, 4) is 11.4 Å². The third kappa shape index (κ3) is 7.28. The van der Waals surface area contributed by atoms with E-state index in [1.807, 2.05) is 72.3 Å². The molecule has 0 aliphatic carbocycles. The number of hydrogen-bond donors (Lipinski definition) is 2. The molecule has 8 nitrogen and oxygen atoms in total.